The van der Waals surface area contributed by atoms with Gasteiger partial charge in [-0.3, -0.25) is 0 Å². The van der Waals surface area contributed by atoms with Crippen molar-refractivity contribution >= 4 is 0 Å². The average Bonchev–Trinajstić information content (AvgIpc) is 2.97. The molecule has 2 heterocycles. The maximum absolute atomic E-state index is 4.22. The van der Waals surface area contributed by atoms with Crippen LogP contribution in [0.4, 0.5) is 0 Å². The van der Waals surface area contributed by atoms with Gasteiger partial charge in [-0.05, 0) is 38.6 Å². The first kappa shape index (κ1) is 11.2. The maximum Gasteiger partial charge on any atom is 0.133 e. The van der Waals surface area contributed by atoms with E-state index in [4.69, 9.17) is 0 Å². The van der Waals surface area contributed by atoms with E-state index in [0.717, 1.165) is 30.7 Å². The van der Waals surface area contributed by atoms with E-state index < -0.39 is 0 Å². The molecule has 1 N–H and O–H groups in total. The minimum Gasteiger partial charge on any atom is -0.315 e. The molecule has 4 heteroatoms. The second-order valence-corrected chi connectivity index (χ2v) is 5.57. The van der Waals surface area contributed by atoms with Crippen molar-refractivity contribution in [1.29, 1.82) is 0 Å². The zero-order valence-corrected chi connectivity index (χ0v) is 10.7. The maximum atomic E-state index is 4.22. The van der Waals surface area contributed by atoms with E-state index in [9.17, 15) is 0 Å². The summed E-state index contributed by atoms with van der Waals surface area (Å²) in [6.07, 6.45) is 7.94. The third-order valence-corrected chi connectivity index (χ3v) is 4.28. The van der Waals surface area contributed by atoms with Crippen molar-refractivity contribution in [2.24, 2.45) is 5.92 Å². The number of hydrogen-bond acceptors (Lipinski definition) is 3. The van der Waals surface area contributed by atoms with Gasteiger partial charge in [0.1, 0.15) is 11.6 Å². The number of aryl methyl sites for hydroxylation is 2. The highest BCUT2D eigenvalue weighted by atomic mass is 15.3. The third kappa shape index (κ3) is 2.37. The van der Waals surface area contributed by atoms with Gasteiger partial charge in [-0.25, -0.2) is 0 Å². The van der Waals surface area contributed by atoms with Crippen LogP contribution in [0.1, 0.15) is 43.8 Å². The van der Waals surface area contributed by atoms with E-state index >= 15 is 0 Å². The fourth-order valence-electron chi connectivity index (χ4n) is 3.16. The summed E-state index contributed by atoms with van der Waals surface area (Å²) < 4.78 is 2.30. The molecule has 2 aliphatic rings. The monoisotopic (exact) mass is 234 g/mol. The minimum absolute atomic E-state index is 0.762. The average molecular weight is 234 g/mol. The van der Waals surface area contributed by atoms with Gasteiger partial charge in [0.2, 0.25) is 0 Å². The Morgan fingerprint density at radius 2 is 2.06 bits per heavy atom. The molecule has 1 atom stereocenters. The lowest BCUT2D eigenvalue weighted by molar-refractivity contribution is 0.329. The summed E-state index contributed by atoms with van der Waals surface area (Å²) in [6.45, 7) is 4.33. The van der Waals surface area contributed by atoms with E-state index in [1.807, 2.05) is 0 Å². The Labute approximate surface area is 103 Å². The highest BCUT2D eigenvalue weighted by Crippen LogP contribution is 2.21. The van der Waals surface area contributed by atoms with Crippen molar-refractivity contribution < 1.29 is 0 Å². The largest absolute Gasteiger partial charge is 0.315 e. The molecule has 1 unspecified atom stereocenters. The zero-order chi connectivity index (χ0) is 11.7. The molecule has 1 aliphatic heterocycles. The molecule has 3 rings (SSSR count). The molecule has 0 spiro atoms. The molecule has 1 aromatic rings. The van der Waals surface area contributed by atoms with Crippen molar-refractivity contribution in [2.45, 2.75) is 58.0 Å². The highest BCUT2D eigenvalue weighted by Gasteiger charge is 2.22. The summed E-state index contributed by atoms with van der Waals surface area (Å²) in [5.74, 6) is 3.02. The fraction of sp³-hybridized carbons (Fsp3) is 0.846. The second-order valence-electron chi connectivity index (χ2n) is 5.57. The lowest BCUT2D eigenvalue weighted by Crippen LogP contribution is -2.35. The van der Waals surface area contributed by atoms with Gasteiger partial charge in [-0.1, -0.05) is 12.8 Å². The Bertz CT molecular complexity index is 379. The van der Waals surface area contributed by atoms with Crippen LogP contribution in [0.5, 0.6) is 0 Å². The summed E-state index contributed by atoms with van der Waals surface area (Å²) in [6, 6.07) is 0.790. The Morgan fingerprint density at radius 1 is 1.24 bits per heavy atom. The van der Waals surface area contributed by atoms with Gasteiger partial charge in [0.05, 0.1) is 0 Å². The molecule has 0 aromatic carbocycles. The zero-order valence-electron chi connectivity index (χ0n) is 10.7. The summed E-state index contributed by atoms with van der Waals surface area (Å²) >= 11 is 0. The van der Waals surface area contributed by atoms with Crippen LogP contribution < -0.4 is 5.32 Å². The number of hydrogen-bond donors (Lipinski definition) is 1. The number of nitrogens with one attached hydrogen (secondary N) is 1. The molecule has 0 saturated heterocycles. The van der Waals surface area contributed by atoms with E-state index in [0.29, 0.717) is 0 Å². The number of nitrogens with zero attached hydrogens (tertiary/aromatic N) is 3. The van der Waals surface area contributed by atoms with Crippen LogP contribution in [0, 0.1) is 12.8 Å². The summed E-state index contributed by atoms with van der Waals surface area (Å²) in [4.78, 5) is 0. The van der Waals surface area contributed by atoms with Gasteiger partial charge in [0.25, 0.3) is 0 Å². The van der Waals surface area contributed by atoms with Gasteiger partial charge in [0.15, 0.2) is 0 Å². The molecule has 94 valence electrons. The number of fused-ring (bicyclic) bond motifs is 1. The van der Waals surface area contributed by atoms with Crippen LogP contribution in [-0.2, 0) is 13.0 Å². The molecular formula is C13H22N4. The molecule has 1 saturated carbocycles. The Balaban J connectivity index is 1.54. The topological polar surface area (TPSA) is 42.7 Å². The first-order chi connectivity index (χ1) is 8.33. The van der Waals surface area contributed by atoms with E-state index in [2.05, 4.69) is 27.0 Å². The predicted molar refractivity (Wildman–Crippen MR) is 66.8 cm³/mol. The molecule has 1 fully saturated rings. The van der Waals surface area contributed by atoms with Gasteiger partial charge in [-0.15, -0.1) is 10.2 Å². The molecule has 1 aromatic heterocycles. The highest BCUT2D eigenvalue weighted by molar-refractivity contribution is 4.98. The molecule has 4 nitrogen and oxygen atoms in total. The minimum atomic E-state index is 0.762. The Hall–Kier alpha value is -0.900. The van der Waals surface area contributed by atoms with Crippen LogP contribution >= 0.6 is 0 Å². The lowest BCUT2D eigenvalue weighted by Gasteiger charge is -2.25. The molecule has 0 radical (unpaired) electrons. The van der Waals surface area contributed by atoms with Gasteiger partial charge in [-0.2, -0.15) is 0 Å². The smallest absolute Gasteiger partial charge is 0.133 e. The standard InChI is InChI=1S/C13H22N4/c1-10-15-16-13-7-6-11(9-17(10)13)8-14-12-4-2-3-5-12/h11-12,14H,2-9H2,1H3. The van der Waals surface area contributed by atoms with Crippen molar-refractivity contribution in [1.82, 2.24) is 20.1 Å². The third-order valence-electron chi connectivity index (χ3n) is 4.28. The van der Waals surface area contributed by atoms with E-state index in [1.54, 1.807) is 0 Å². The van der Waals surface area contributed by atoms with Crippen LogP contribution in [0.3, 0.4) is 0 Å². The predicted octanol–water partition coefficient (Wildman–Crippen LogP) is 1.68. The van der Waals surface area contributed by atoms with Crippen LogP contribution in [-0.4, -0.2) is 27.4 Å². The number of aromatic nitrogens is 3. The Kier molecular flexibility index (Phi) is 3.14. The van der Waals surface area contributed by atoms with Crippen molar-refractivity contribution in [3.05, 3.63) is 11.6 Å². The van der Waals surface area contributed by atoms with Gasteiger partial charge in [0, 0.05) is 19.0 Å². The Morgan fingerprint density at radius 3 is 2.88 bits per heavy atom. The molecule has 17 heavy (non-hydrogen) atoms. The van der Waals surface area contributed by atoms with Crippen molar-refractivity contribution in [3.63, 3.8) is 0 Å². The second kappa shape index (κ2) is 4.77. The van der Waals surface area contributed by atoms with E-state index in [-0.39, 0.29) is 0 Å². The number of rotatable bonds is 3. The van der Waals surface area contributed by atoms with Crippen molar-refractivity contribution in [3.8, 4) is 0 Å². The fourth-order valence-corrected chi connectivity index (χ4v) is 3.16. The van der Waals surface area contributed by atoms with Crippen LogP contribution in [0.2, 0.25) is 0 Å². The van der Waals surface area contributed by atoms with Crippen LogP contribution in [0.15, 0.2) is 0 Å². The van der Waals surface area contributed by atoms with E-state index in [1.165, 1.54) is 44.5 Å². The first-order valence-corrected chi connectivity index (χ1v) is 6.95. The first-order valence-electron chi connectivity index (χ1n) is 6.95. The summed E-state index contributed by atoms with van der Waals surface area (Å²) in [5.41, 5.74) is 0. The van der Waals surface area contributed by atoms with Gasteiger partial charge < -0.3 is 9.88 Å². The quantitative estimate of drug-likeness (QED) is 0.865. The SMILES string of the molecule is Cc1nnc2n1CC(CNC1CCCC1)CC2. The van der Waals surface area contributed by atoms with Crippen LogP contribution in [0.25, 0.3) is 0 Å². The lowest BCUT2D eigenvalue weighted by atomic mass is 9.99. The van der Waals surface area contributed by atoms with Crippen molar-refractivity contribution in [2.75, 3.05) is 6.54 Å². The molecule has 0 amide bonds. The van der Waals surface area contributed by atoms with Gasteiger partial charge >= 0.3 is 0 Å². The molecule has 0 bridgehead atoms. The summed E-state index contributed by atoms with van der Waals surface area (Å²) in [7, 11) is 0. The summed E-state index contributed by atoms with van der Waals surface area (Å²) in [5, 5.41) is 12.1. The molecule has 1 aliphatic carbocycles. The normalized spacial score (nSPS) is 25.1. The molecular weight excluding hydrogens is 212 g/mol.